The summed E-state index contributed by atoms with van der Waals surface area (Å²) < 4.78 is 16.5. The van der Waals surface area contributed by atoms with E-state index in [9.17, 15) is 5.11 Å². The van der Waals surface area contributed by atoms with Gasteiger partial charge in [0.05, 0.1) is 6.61 Å². The number of rotatable bonds is 2. The molecule has 2 aliphatic rings. The van der Waals surface area contributed by atoms with Gasteiger partial charge in [0, 0.05) is 18.6 Å². The van der Waals surface area contributed by atoms with E-state index in [2.05, 4.69) is 0 Å². The number of benzene rings is 1. The van der Waals surface area contributed by atoms with E-state index in [-0.39, 0.29) is 12.0 Å². The topological polar surface area (TPSA) is 47.9 Å². The van der Waals surface area contributed by atoms with Gasteiger partial charge in [-0.3, -0.25) is 0 Å². The molecule has 4 nitrogen and oxygen atoms in total. The highest BCUT2D eigenvalue weighted by Crippen LogP contribution is 2.39. The molecule has 0 amide bonds. The van der Waals surface area contributed by atoms with Crippen molar-refractivity contribution in [1.82, 2.24) is 0 Å². The van der Waals surface area contributed by atoms with Crippen LogP contribution in [0.3, 0.4) is 0 Å². The third kappa shape index (κ3) is 1.95. The molecule has 0 saturated carbocycles. The molecule has 98 valence electrons. The highest BCUT2D eigenvalue weighted by molar-refractivity contribution is 5.46. The molecule has 0 aliphatic carbocycles. The second-order valence-corrected chi connectivity index (χ2v) is 4.91. The monoisotopic (exact) mass is 250 g/mol. The van der Waals surface area contributed by atoms with Gasteiger partial charge in [0.25, 0.3) is 0 Å². The van der Waals surface area contributed by atoms with Gasteiger partial charge in [0.15, 0.2) is 11.5 Å². The van der Waals surface area contributed by atoms with Gasteiger partial charge in [0.2, 0.25) is 0 Å². The van der Waals surface area contributed by atoms with Gasteiger partial charge >= 0.3 is 0 Å². The van der Waals surface area contributed by atoms with Crippen molar-refractivity contribution in [3.63, 3.8) is 0 Å². The number of hydrogen-bond donors (Lipinski definition) is 1. The first-order valence-corrected chi connectivity index (χ1v) is 6.43. The van der Waals surface area contributed by atoms with E-state index in [1.54, 1.807) is 0 Å². The quantitative estimate of drug-likeness (QED) is 0.864. The molecule has 1 fully saturated rings. The summed E-state index contributed by atoms with van der Waals surface area (Å²) in [5, 5.41) is 9.77. The molecule has 1 saturated heterocycles. The van der Waals surface area contributed by atoms with Crippen LogP contribution in [0.25, 0.3) is 0 Å². The molecule has 0 aromatic heterocycles. The largest absolute Gasteiger partial charge is 0.486 e. The van der Waals surface area contributed by atoms with E-state index in [0.717, 1.165) is 29.9 Å². The van der Waals surface area contributed by atoms with E-state index < -0.39 is 0 Å². The summed E-state index contributed by atoms with van der Waals surface area (Å²) in [6.45, 7) is 2.75. The molecule has 18 heavy (non-hydrogen) atoms. The van der Waals surface area contributed by atoms with Crippen molar-refractivity contribution >= 4 is 0 Å². The molecule has 1 N–H and O–H groups in total. The predicted octanol–water partition coefficient (Wildman–Crippen LogP) is 1.50. The van der Waals surface area contributed by atoms with Crippen molar-refractivity contribution in [2.24, 2.45) is 0 Å². The van der Waals surface area contributed by atoms with E-state index in [1.165, 1.54) is 0 Å². The van der Waals surface area contributed by atoms with E-state index in [4.69, 9.17) is 14.2 Å². The van der Waals surface area contributed by atoms with Gasteiger partial charge in [-0.1, -0.05) is 6.07 Å². The van der Waals surface area contributed by atoms with Gasteiger partial charge in [-0.05, 0) is 30.5 Å². The van der Waals surface area contributed by atoms with Crippen LogP contribution in [-0.2, 0) is 10.2 Å². The van der Waals surface area contributed by atoms with Gasteiger partial charge in [-0.2, -0.15) is 0 Å². The Morgan fingerprint density at radius 3 is 2.44 bits per heavy atom. The van der Waals surface area contributed by atoms with Crippen LogP contribution in [0.15, 0.2) is 18.2 Å². The maximum absolute atomic E-state index is 9.77. The summed E-state index contributed by atoms with van der Waals surface area (Å²) in [4.78, 5) is 0. The van der Waals surface area contributed by atoms with Gasteiger partial charge in [0.1, 0.15) is 13.2 Å². The van der Waals surface area contributed by atoms with Crippen LogP contribution in [0.2, 0.25) is 0 Å². The third-order valence-electron chi connectivity index (χ3n) is 3.91. The van der Waals surface area contributed by atoms with Crippen molar-refractivity contribution in [2.45, 2.75) is 18.3 Å². The van der Waals surface area contributed by atoms with Crippen LogP contribution >= 0.6 is 0 Å². The lowest BCUT2D eigenvalue weighted by atomic mass is 9.75. The van der Waals surface area contributed by atoms with Crippen molar-refractivity contribution in [3.8, 4) is 11.5 Å². The number of aliphatic hydroxyl groups is 1. The van der Waals surface area contributed by atoms with Crippen LogP contribution in [0.5, 0.6) is 11.5 Å². The molecular weight excluding hydrogens is 232 g/mol. The van der Waals surface area contributed by atoms with Crippen molar-refractivity contribution in [3.05, 3.63) is 23.8 Å². The van der Waals surface area contributed by atoms with Crippen LogP contribution in [0.1, 0.15) is 18.4 Å². The number of aliphatic hydroxyl groups excluding tert-OH is 1. The van der Waals surface area contributed by atoms with E-state index >= 15 is 0 Å². The molecular formula is C14H18O4. The number of hydrogen-bond acceptors (Lipinski definition) is 4. The van der Waals surface area contributed by atoms with Gasteiger partial charge in [-0.25, -0.2) is 0 Å². The Morgan fingerprint density at radius 2 is 1.72 bits per heavy atom. The second-order valence-electron chi connectivity index (χ2n) is 4.91. The zero-order valence-corrected chi connectivity index (χ0v) is 10.4. The standard InChI is InChI=1S/C14H18O4/c15-10-14(3-5-16-6-4-14)11-1-2-12-13(9-11)18-8-7-17-12/h1-2,9,15H,3-8,10H2. The first kappa shape index (κ1) is 11.8. The Morgan fingerprint density at radius 1 is 1.00 bits per heavy atom. The zero-order valence-electron chi connectivity index (χ0n) is 10.4. The molecule has 0 bridgehead atoms. The van der Waals surface area contributed by atoms with E-state index in [1.807, 2.05) is 18.2 Å². The zero-order chi connectivity index (χ0) is 12.4. The minimum Gasteiger partial charge on any atom is -0.486 e. The summed E-state index contributed by atoms with van der Waals surface area (Å²) in [6.07, 6.45) is 1.70. The predicted molar refractivity (Wildman–Crippen MR) is 66.2 cm³/mol. The summed E-state index contributed by atoms with van der Waals surface area (Å²) >= 11 is 0. The van der Waals surface area contributed by atoms with Crippen molar-refractivity contribution < 1.29 is 19.3 Å². The Hall–Kier alpha value is -1.26. The molecule has 4 heteroatoms. The second kappa shape index (κ2) is 4.78. The molecule has 2 heterocycles. The van der Waals surface area contributed by atoms with Gasteiger partial charge in [-0.15, -0.1) is 0 Å². The van der Waals surface area contributed by atoms with Crippen LogP contribution in [0, 0.1) is 0 Å². The van der Waals surface area contributed by atoms with Crippen LogP contribution < -0.4 is 9.47 Å². The van der Waals surface area contributed by atoms with Crippen molar-refractivity contribution in [2.75, 3.05) is 33.0 Å². The molecule has 0 spiro atoms. The average Bonchev–Trinajstić information content (AvgIpc) is 2.47. The summed E-state index contributed by atoms with van der Waals surface area (Å²) in [5.41, 5.74) is 0.936. The summed E-state index contributed by atoms with van der Waals surface area (Å²) in [5.74, 6) is 1.59. The molecule has 1 aromatic rings. The molecule has 0 atom stereocenters. The van der Waals surface area contributed by atoms with Crippen molar-refractivity contribution in [1.29, 1.82) is 0 Å². The minimum absolute atomic E-state index is 0.149. The third-order valence-corrected chi connectivity index (χ3v) is 3.91. The van der Waals surface area contributed by atoms with Gasteiger partial charge < -0.3 is 19.3 Å². The Balaban J connectivity index is 1.94. The molecule has 2 aliphatic heterocycles. The Kier molecular flexibility index (Phi) is 3.14. The highest BCUT2D eigenvalue weighted by Gasteiger charge is 2.34. The maximum Gasteiger partial charge on any atom is 0.161 e. The maximum atomic E-state index is 9.77. The van der Waals surface area contributed by atoms with Crippen LogP contribution in [-0.4, -0.2) is 38.1 Å². The molecule has 0 radical (unpaired) electrons. The van der Waals surface area contributed by atoms with Crippen LogP contribution in [0.4, 0.5) is 0 Å². The smallest absolute Gasteiger partial charge is 0.161 e. The lowest BCUT2D eigenvalue weighted by molar-refractivity contribution is 0.0251. The lowest BCUT2D eigenvalue weighted by Gasteiger charge is -2.36. The number of ether oxygens (including phenoxy) is 3. The fraction of sp³-hybridized carbons (Fsp3) is 0.571. The van der Waals surface area contributed by atoms with E-state index in [0.29, 0.717) is 26.4 Å². The Bertz CT molecular complexity index is 424. The summed E-state index contributed by atoms with van der Waals surface area (Å²) in [7, 11) is 0. The SMILES string of the molecule is OCC1(c2ccc3c(c2)OCCO3)CCOCC1. The first-order chi connectivity index (χ1) is 8.84. The molecule has 3 rings (SSSR count). The average molecular weight is 250 g/mol. The Labute approximate surface area is 106 Å². The fourth-order valence-corrected chi connectivity index (χ4v) is 2.67. The minimum atomic E-state index is -0.186. The normalized spacial score (nSPS) is 21.6. The molecule has 0 unspecified atom stereocenters. The molecule has 1 aromatic carbocycles. The first-order valence-electron chi connectivity index (χ1n) is 6.43. The summed E-state index contributed by atoms with van der Waals surface area (Å²) in [6, 6.07) is 5.99. The fourth-order valence-electron chi connectivity index (χ4n) is 2.67. The lowest BCUT2D eigenvalue weighted by Crippen LogP contribution is -2.37. The number of fused-ring (bicyclic) bond motifs is 1. The highest BCUT2D eigenvalue weighted by atomic mass is 16.6.